The number of unbranched alkanes of at least 4 members (excludes halogenated alkanes) is 6. The van der Waals surface area contributed by atoms with Gasteiger partial charge in [-0.3, -0.25) is 0 Å². The van der Waals surface area contributed by atoms with Gasteiger partial charge < -0.3 is 9.84 Å². The Balaban J connectivity index is 2.25. The number of aliphatic hydroxyl groups excluding tert-OH is 1. The molecule has 0 saturated heterocycles. The highest BCUT2D eigenvalue weighted by atomic mass is 16.5. The Kier molecular flexibility index (Phi) is 9.14. The molecule has 0 heterocycles. The van der Waals surface area contributed by atoms with Gasteiger partial charge >= 0.3 is 0 Å². The van der Waals surface area contributed by atoms with E-state index in [-0.39, 0.29) is 6.61 Å². The summed E-state index contributed by atoms with van der Waals surface area (Å²) in [5.41, 5.74) is 1.25. The van der Waals surface area contributed by atoms with Crippen LogP contribution in [0.4, 0.5) is 0 Å². The summed E-state index contributed by atoms with van der Waals surface area (Å²) in [4.78, 5) is 0. The summed E-state index contributed by atoms with van der Waals surface area (Å²) in [6.45, 7) is 4.20. The lowest BCUT2D eigenvalue weighted by atomic mass is 10.0. The van der Waals surface area contributed by atoms with Crippen LogP contribution in [0.1, 0.15) is 64.4 Å². The van der Waals surface area contributed by atoms with Crippen LogP contribution in [-0.2, 0) is 6.42 Å². The highest BCUT2D eigenvalue weighted by Gasteiger charge is 2.05. The fourth-order valence-corrected chi connectivity index (χ4v) is 2.31. The van der Waals surface area contributed by atoms with Crippen LogP contribution < -0.4 is 4.74 Å². The zero-order valence-electron chi connectivity index (χ0n) is 13.0. The fraction of sp³-hybridized carbons (Fsp3) is 0.611. The summed E-state index contributed by atoms with van der Waals surface area (Å²) in [6, 6.07) is 8.15. The summed E-state index contributed by atoms with van der Waals surface area (Å²) in [5, 5.41) is 9.21. The highest BCUT2D eigenvalue weighted by molar-refractivity contribution is 5.33. The fourth-order valence-electron chi connectivity index (χ4n) is 2.31. The quantitative estimate of drug-likeness (QED) is 0.557. The Hall–Kier alpha value is -1.02. The molecule has 1 rings (SSSR count). The molecule has 2 heteroatoms. The van der Waals surface area contributed by atoms with Crippen molar-refractivity contribution in [1.29, 1.82) is 0 Å². The maximum atomic E-state index is 9.21. The predicted octanol–water partition coefficient (Wildman–Crippen LogP) is 5.28. The smallest absolute Gasteiger partial charge is 0.127 e. The van der Waals surface area contributed by atoms with Crippen molar-refractivity contribution in [1.82, 2.24) is 0 Å². The average molecular weight is 277 g/mol. The Morgan fingerprint density at radius 1 is 1.00 bits per heavy atom. The molecule has 2 nitrogen and oxygen atoms in total. The topological polar surface area (TPSA) is 29.5 Å². The summed E-state index contributed by atoms with van der Waals surface area (Å²) in [5.74, 6) is 0.909. The van der Waals surface area contributed by atoms with Gasteiger partial charge in [0.05, 0.1) is 0 Å². The second-order valence-corrected chi connectivity index (χ2v) is 5.50. The third-order valence-corrected chi connectivity index (χ3v) is 3.46. The number of aliphatic hydroxyl groups is 1. The molecule has 0 atom stereocenters. The first-order chi connectivity index (χ1) is 9.74. The number of hydrogen-bond donors (Lipinski definition) is 1. The van der Waals surface area contributed by atoms with Gasteiger partial charge in [0, 0.05) is 0 Å². The average Bonchev–Trinajstić information content (AvgIpc) is 2.45. The SMILES string of the molecule is CCCCCCCCCc1ccccc1OC[C](C)O. The lowest BCUT2D eigenvalue weighted by molar-refractivity contribution is 0.208. The van der Waals surface area contributed by atoms with E-state index in [9.17, 15) is 5.11 Å². The van der Waals surface area contributed by atoms with Crippen LogP contribution in [0.2, 0.25) is 0 Å². The summed E-state index contributed by atoms with van der Waals surface area (Å²) < 4.78 is 5.62. The molecule has 1 N–H and O–H groups in total. The van der Waals surface area contributed by atoms with E-state index < -0.39 is 0 Å². The number of benzene rings is 1. The second-order valence-electron chi connectivity index (χ2n) is 5.50. The monoisotopic (exact) mass is 277 g/mol. The number of aryl methyl sites for hydroxylation is 1. The van der Waals surface area contributed by atoms with E-state index in [2.05, 4.69) is 19.1 Å². The molecule has 0 aliphatic carbocycles. The van der Waals surface area contributed by atoms with Crippen LogP contribution in [0.3, 0.4) is 0 Å². The van der Waals surface area contributed by atoms with Crippen molar-refractivity contribution in [2.24, 2.45) is 0 Å². The van der Waals surface area contributed by atoms with Crippen molar-refractivity contribution in [3.63, 3.8) is 0 Å². The van der Waals surface area contributed by atoms with Crippen molar-refractivity contribution in [3.8, 4) is 5.75 Å². The van der Waals surface area contributed by atoms with Gasteiger partial charge in [0.15, 0.2) is 0 Å². The molecule has 1 radical (unpaired) electrons. The van der Waals surface area contributed by atoms with E-state index in [1.54, 1.807) is 6.92 Å². The van der Waals surface area contributed by atoms with E-state index in [1.807, 2.05) is 12.1 Å². The summed E-state index contributed by atoms with van der Waals surface area (Å²) >= 11 is 0. The molecule has 0 saturated carbocycles. The maximum Gasteiger partial charge on any atom is 0.127 e. The molecule has 1 aromatic rings. The minimum Gasteiger partial charge on any atom is -0.490 e. The van der Waals surface area contributed by atoms with E-state index in [4.69, 9.17) is 4.74 Å². The molecule has 20 heavy (non-hydrogen) atoms. The van der Waals surface area contributed by atoms with Crippen LogP contribution >= 0.6 is 0 Å². The lowest BCUT2D eigenvalue weighted by Gasteiger charge is -2.12. The van der Waals surface area contributed by atoms with Gasteiger partial charge in [-0.1, -0.05) is 63.6 Å². The summed E-state index contributed by atoms with van der Waals surface area (Å²) in [7, 11) is 0. The molecule has 113 valence electrons. The van der Waals surface area contributed by atoms with Crippen LogP contribution in [0.25, 0.3) is 0 Å². The van der Waals surface area contributed by atoms with Crippen LogP contribution in [0.15, 0.2) is 24.3 Å². The molecule has 0 bridgehead atoms. The first-order valence-electron chi connectivity index (χ1n) is 7.96. The van der Waals surface area contributed by atoms with Crippen molar-refractivity contribution in [2.45, 2.75) is 65.2 Å². The van der Waals surface area contributed by atoms with Crippen molar-refractivity contribution in [3.05, 3.63) is 35.9 Å². The number of hydrogen-bond acceptors (Lipinski definition) is 2. The van der Waals surface area contributed by atoms with Crippen LogP contribution in [-0.4, -0.2) is 11.7 Å². The molecule has 0 aliphatic heterocycles. The molecule has 0 spiro atoms. The van der Waals surface area contributed by atoms with Crippen molar-refractivity contribution >= 4 is 0 Å². The van der Waals surface area contributed by atoms with Crippen LogP contribution in [0.5, 0.6) is 5.75 Å². The molecule has 0 fully saturated rings. The molecule has 0 aliphatic rings. The normalized spacial score (nSPS) is 11.0. The van der Waals surface area contributed by atoms with Gasteiger partial charge in [0.25, 0.3) is 0 Å². The molecular formula is C18H29O2. The van der Waals surface area contributed by atoms with E-state index >= 15 is 0 Å². The van der Waals surface area contributed by atoms with Gasteiger partial charge in [-0.25, -0.2) is 0 Å². The second kappa shape index (κ2) is 10.7. The number of para-hydroxylation sites is 1. The highest BCUT2D eigenvalue weighted by Crippen LogP contribution is 2.21. The van der Waals surface area contributed by atoms with Gasteiger partial charge in [-0.2, -0.15) is 0 Å². The molecule has 0 unspecified atom stereocenters. The van der Waals surface area contributed by atoms with E-state index in [0.29, 0.717) is 6.10 Å². The first kappa shape index (κ1) is 17.0. The van der Waals surface area contributed by atoms with Crippen molar-refractivity contribution in [2.75, 3.05) is 6.61 Å². The third kappa shape index (κ3) is 7.54. The van der Waals surface area contributed by atoms with Crippen LogP contribution in [0, 0.1) is 6.10 Å². The number of ether oxygens (including phenoxy) is 1. The van der Waals surface area contributed by atoms with Gasteiger partial charge in [0.2, 0.25) is 0 Å². The van der Waals surface area contributed by atoms with Crippen molar-refractivity contribution < 1.29 is 9.84 Å². The van der Waals surface area contributed by atoms with Gasteiger partial charge in [-0.05, 0) is 31.4 Å². The molecule has 1 aromatic carbocycles. The summed E-state index contributed by atoms with van der Waals surface area (Å²) in [6.07, 6.45) is 10.7. The largest absolute Gasteiger partial charge is 0.490 e. The standard InChI is InChI=1S/C18H29O2/c1-3-4-5-6-7-8-9-12-17-13-10-11-14-18(17)20-15-16(2)19/h10-11,13-14,19H,3-9,12,15H2,1-2H3. The maximum absolute atomic E-state index is 9.21. The first-order valence-corrected chi connectivity index (χ1v) is 7.96. The third-order valence-electron chi connectivity index (χ3n) is 3.46. The Morgan fingerprint density at radius 3 is 2.35 bits per heavy atom. The minimum absolute atomic E-state index is 0.286. The Morgan fingerprint density at radius 2 is 1.65 bits per heavy atom. The van der Waals surface area contributed by atoms with Gasteiger partial charge in [0.1, 0.15) is 18.5 Å². The lowest BCUT2D eigenvalue weighted by Crippen LogP contribution is -2.06. The van der Waals surface area contributed by atoms with E-state index in [0.717, 1.165) is 12.2 Å². The predicted molar refractivity (Wildman–Crippen MR) is 84.5 cm³/mol. The molecular weight excluding hydrogens is 248 g/mol. The Labute approximate surface area is 124 Å². The zero-order valence-corrected chi connectivity index (χ0v) is 13.0. The molecule has 0 amide bonds. The molecule has 0 aromatic heterocycles. The van der Waals surface area contributed by atoms with Gasteiger partial charge in [-0.15, -0.1) is 0 Å². The zero-order chi connectivity index (χ0) is 14.6. The Bertz CT molecular complexity index is 347. The minimum atomic E-state index is 0.286. The number of rotatable bonds is 11. The van der Waals surface area contributed by atoms with E-state index in [1.165, 1.54) is 50.5 Å².